The summed E-state index contributed by atoms with van der Waals surface area (Å²) in [6.07, 6.45) is 0.291. The number of likely N-dealkylation sites (tertiary alicyclic amines) is 1. The Labute approximate surface area is 158 Å². The van der Waals surface area contributed by atoms with E-state index < -0.39 is 47.5 Å². The van der Waals surface area contributed by atoms with Crippen molar-refractivity contribution < 1.29 is 27.2 Å². The molecule has 1 aromatic carbocycles. The Hall–Kier alpha value is -2.91. The van der Waals surface area contributed by atoms with Gasteiger partial charge in [0.25, 0.3) is 0 Å². The number of carbonyl (C=O) groups is 2. The Morgan fingerprint density at radius 1 is 1.36 bits per heavy atom. The number of aromatic nitrogens is 2. The zero-order chi connectivity index (χ0) is 20.6. The number of aryl methyl sites for hydroxylation is 1. The summed E-state index contributed by atoms with van der Waals surface area (Å²) in [4.78, 5) is 26.4. The van der Waals surface area contributed by atoms with Crippen molar-refractivity contribution in [1.82, 2.24) is 14.7 Å². The van der Waals surface area contributed by atoms with Gasteiger partial charge in [-0.3, -0.25) is 9.59 Å². The highest BCUT2D eigenvalue weighted by Crippen LogP contribution is 2.34. The van der Waals surface area contributed by atoms with Gasteiger partial charge in [-0.25, -0.2) is 13.5 Å². The van der Waals surface area contributed by atoms with Crippen LogP contribution in [0.5, 0.6) is 0 Å². The number of hydrogen-bond acceptors (Lipinski definition) is 3. The fourth-order valence-corrected chi connectivity index (χ4v) is 3.34. The van der Waals surface area contributed by atoms with Crippen LogP contribution in [-0.2, 0) is 16.0 Å². The Morgan fingerprint density at radius 2 is 2.07 bits per heavy atom. The van der Waals surface area contributed by atoms with Gasteiger partial charge in [-0.2, -0.15) is 13.9 Å². The van der Waals surface area contributed by atoms with E-state index in [9.17, 15) is 27.2 Å². The number of amides is 2. The van der Waals surface area contributed by atoms with E-state index in [1.54, 1.807) is 6.92 Å². The molecule has 1 fully saturated rings. The standard InChI is InChI=1S/C18H18F4N4O2/c1-3-9-7-13(24-26(9)18(21)22)10-8-25(2)17(28)14(10)16(27)23-12-6-4-5-11(19)15(12)20/h4-7,10,14,18H,3,8H2,1-2H3,(H,23,27). The molecule has 1 saturated heterocycles. The molecule has 0 aliphatic carbocycles. The van der Waals surface area contributed by atoms with Crippen LogP contribution < -0.4 is 5.32 Å². The molecule has 28 heavy (non-hydrogen) atoms. The van der Waals surface area contributed by atoms with Crippen LogP contribution in [0.2, 0.25) is 0 Å². The van der Waals surface area contributed by atoms with E-state index >= 15 is 0 Å². The van der Waals surface area contributed by atoms with Gasteiger partial charge in [0.05, 0.1) is 11.4 Å². The Morgan fingerprint density at radius 3 is 2.68 bits per heavy atom. The number of halogens is 4. The molecule has 1 N–H and O–H groups in total. The summed E-state index contributed by atoms with van der Waals surface area (Å²) in [5, 5.41) is 6.09. The van der Waals surface area contributed by atoms with E-state index in [1.807, 2.05) is 0 Å². The highest BCUT2D eigenvalue weighted by atomic mass is 19.3. The zero-order valence-corrected chi connectivity index (χ0v) is 15.1. The van der Waals surface area contributed by atoms with Gasteiger partial charge >= 0.3 is 6.55 Å². The first kappa shape index (κ1) is 19.8. The third-order valence-electron chi connectivity index (χ3n) is 4.77. The fraction of sp³-hybridized carbons (Fsp3) is 0.389. The molecular weight excluding hydrogens is 380 g/mol. The Kier molecular flexibility index (Phi) is 5.39. The molecule has 10 heteroatoms. The number of alkyl halides is 2. The molecule has 2 unspecified atom stereocenters. The minimum absolute atomic E-state index is 0.0892. The van der Waals surface area contributed by atoms with E-state index in [0.717, 1.165) is 12.1 Å². The lowest BCUT2D eigenvalue weighted by molar-refractivity contribution is -0.135. The number of anilines is 1. The second-order valence-electron chi connectivity index (χ2n) is 6.53. The molecule has 2 atom stereocenters. The largest absolute Gasteiger partial charge is 0.344 e. The molecule has 1 aromatic heterocycles. The quantitative estimate of drug-likeness (QED) is 0.622. The lowest BCUT2D eigenvalue weighted by Gasteiger charge is -2.15. The van der Waals surface area contributed by atoms with Gasteiger partial charge in [0.1, 0.15) is 5.92 Å². The van der Waals surface area contributed by atoms with Gasteiger partial charge < -0.3 is 10.2 Å². The number of hydrogen-bond donors (Lipinski definition) is 1. The molecule has 3 rings (SSSR count). The number of nitrogens with zero attached hydrogens (tertiary/aromatic N) is 3. The van der Waals surface area contributed by atoms with Crippen molar-refractivity contribution in [1.29, 1.82) is 0 Å². The molecular formula is C18H18F4N4O2. The van der Waals surface area contributed by atoms with E-state index in [4.69, 9.17) is 0 Å². The molecule has 0 saturated carbocycles. The molecule has 0 spiro atoms. The average Bonchev–Trinajstić information content (AvgIpc) is 3.20. The molecule has 2 aromatic rings. The van der Waals surface area contributed by atoms with Crippen molar-refractivity contribution >= 4 is 17.5 Å². The summed E-state index contributed by atoms with van der Waals surface area (Å²) in [7, 11) is 1.47. The molecule has 150 valence electrons. The zero-order valence-electron chi connectivity index (χ0n) is 15.1. The first-order valence-electron chi connectivity index (χ1n) is 8.60. The lowest BCUT2D eigenvalue weighted by Crippen LogP contribution is -2.33. The van der Waals surface area contributed by atoms with Crippen LogP contribution in [-0.4, -0.2) is 40.1 Å². The third-order valence-corrected chi connectivity index (χ3v) is 4.77. The van der Waals surface area contributed by atoms with Crippen molar-refractivity contribution in [2.24, 2.45) is 5.92 Å². The Bertz CT molecular complexity index is 915. The molecule has 2 amide bonds. The van der Waals surface area contributed by atoms with Crippen LogP contribution in [0.15, 0.2) is 24.3 Å². The number of nitrogens with one attached hydrogen (secondary N) is 1. The predicted molar refractivity (Wildman–Crippen MR) is 91.7 cm³/mol. The number of likely N-dealkylation sites (N-methyl/N-ethyl adjacent to an activating group) is 1. The maximum absolute atomic E-state index is 13.8. The molecule has 1 aliphatic rings. The highest BCUT2D eigenvalue weighted by Gasteiger charge is 2.46. The van der Waals surface area contributed by atoms with Gasteiger partial charge in [0.2, 0.25) is 11.8 Å². The SMILES string of the molecule is CCc1cc(C2CN(C)C(=O)C2C(=O)Nc2cccc(F)c2F)nn1C(F)F. The topological polar surface area (TPSA) is 67.2 Å². The fourth-order valence-electron chi connectivity index (χ4n) is 3.34. The molecule has 2 heterocycles. The van der Waals surface area contributed by atoms with Crippen LogP contribution in [0.25, 0.3) is 0 Å². The van der Waals surface area contributed by atoms with Gasteiger partial charge in [0, 0.05) is 25.2 Å². The summed E-state index contributed by atoms with van der Waals surface area (Å²) < 4.78 is 54.1. The molecule has 0 bridgehead atoms. The second kappa shape index (κ2) is 7.61. The normalized spacial score (nSPS) is 19.5. The van der Waals surface area contributed by atoms with Crippen LogP contribution in [0.4, 0.5) is 23.2 Å². The number of rotatable bonds is 5. The van der Waals surface area contributed by atoms with E-state index in [0.29, 0.717) is 11.1 Å². The maximum atomic E-state index is 13.8. The van der Waals surface area contributed by atoms with Crippen molar-refractivity contribution in [3.63, 3.8) is 0 Å². The maximum Gasteiger partial charge on any atom is 0.333 e. The van der Waals surface area contributed by atoms with Crippen molar-refractivity contribution in [2.45, 2.75) is 25.8 Å². The van der Waals surface area contributed by atoms with Gasteiger partial charge in [0.15, 0.2) is 11.6 Å². The van der Waals surface area contributed by atoms with Gasteiger partial charge in [-0.1, -0.05) is 13.0 Å². The number of benzene rings is 1. The summed E-state index contributed by atoms with van der Waals surface area (Å²) in [5.41, 5.74) is 0.0375. The predicted octanol–water partition coefficient (Wildman–Crippen LogP) is 2.93. The van der Waals surface area contributed by atoms with E-state index in [2.05, 4.69) is 10.4 Å². The minimum Gasteiger partial charge on any atom is -0.344 e. The summed E-state index contributed by atoms with van der Waals surface area (Å²) in [6, 6.07) is 4.71. The number of carbonyl (C=O) groups excluding carboxylic acids is 2. The lowest BCUT2D eigenvalue weighted by atomic mass is 9.91. The van der Waals surface area contributed by atoms with Gasteiger partial charge in [-0.15, -0.1) is 0 Å². The summed E-state index contributed by atoms with van der Waals surface area (Å²) in [5.74, 6) is -5.89. The second-order valence-corrected chi connectivity index (χ2v) is 6.53. The van der Waals surface area contributed by atoms with Gasteiger partial charge in [-0.05, 0) is 24.6 Å². The van der Waals surface area contributed by atoms with Crippen molar-refractivity contribution in [3.8, 4) is 0 Å². The van der Waals surface area contributed by atoms with Crippen LogP contribution in [0, 0.1) is 17.6 Å². The first-order valence-corrected chi connectivity index (χ1v) is 8.60. The summed E-state index contributed by atoms with van der Waals surface area (Å²) >= 11 is 0. The van der Waals surface area contributed by atoms with Crippen LogP contribution in [0.3, 0.4) is 0 Å². The van der Waals surface area contributed by atoms with Crippen LogP contribution in [0.1, 0.15) is 30.8 Å². The average molecular weight is 398 g/mol. The monoisotopic (exact) mass is 398 g/mol. The first-order chi connectivity index (χ1) is 13.2. The van der Waals surface area contributed by atoms with Crippen LogP contribution >= 0.6 is 0 Å². The van der Waals surface area contributed by atoms with Crippen molar-refractivity contribution in [3.05, 3.63) is 47.3 Å². The van der Waals surface area contributed by atoms with E-state index in [1.165, 1.54) is 24.1 Å². The Balaban J connectivity index is 1.92. The minimum atomic E-state index is -2.85. The summed E-state index contributed by atoms with van der Waals surface area (Å²) in [6.45, 7) is -1.08. The third kappa shape index (κ3) is 3.46. The molecule has 1 aliphatic heterocycles. The molecule has 6 nitrogen and oxygen atoms in total. The smallest absolute Gasteiger partial charge is 0.333 e. The molecule has 0 radical (unpaired) electrons. The van der Waals surface area contributed by atoms with E-state index in [-0.39, 0.29) is 17.9 Å². The highest BCUT2D eigenvalue weighted by molar-refractivity contribution is 6.08. The van der Waals surface area contributed by atoms with Crippen molar-refractivity contribution in [2.75, 3.05) is 18.9 Å².